The van der Waals surface area contributed by atoms with E-state index in [2.05, 4.69) is 9.72 Å². The number of imidazole rings is 1. The first-order valence-corrected chi connectivity index (χ1v) is 9.76. The van der Waals surface area contributed by atoms with Gasteiger partial charge in [0.2, 0.25) is 11.8 Å². The maximum atomic E-state index is 13.0. The summed E-state index contributed by atoms with van der Waals surface area (Å²) in [5.74, 6) is -3.62. The van der Waals surface area contributed by atoms with Gasteiger partial charge in [0, 0.05) is 13.1 Å². The van der Waals surface area contributed by atoms with E-state index in [4.69, 9.17) is 9.90 Å². The van der Waals surface area contributed by atoms with Crippen molar-refractivity contribution < 1.29 is 42.2 Å². The number of carbonyl (C=O) groups is 4. The van der Waals surface area contributed by atoms with Gasteiger partial charge in [-0.15, -0.1) is 0 Å². The van der Waals surface area contributed by atoms with Gasteiger partial charge in [0.25, 0.3) is 0 Å². The van der Waals surface area contributed by atoms with Crippen LogP contribution in [0.1, 0.15) is 19.9 Å². The minimum absolute atomic E-state index is 0.0938. The van der Waals surface area contributed by atoms with E-state index in [1.165, 1.54) is 12.0 Å². The van der Waals surface area contributed by atoms with E-state index in [0.717, 1.165) is 11.0 Å². The minimum atomic E-state index is -5.08. The number of hydrogen-bond acceptors (Lipinski definition) is 6. The van der Waals surface area contributed by atoms with Crippen LogP contribution in [0.5, 0.6) is 0 Å². The number of piperazine rings is 1. The number of methoxy groups -OCH3 is 1. The number of carboxylic acids is 1. The quantitative estimate of drug-likeness (QED) is 0.669. The van der Waals surface area contributed by atoms with Gasteiger partial charge in [0.15, 0.2) is 0 Å². The number of carbonyl (C=O) groups excluding carboxylic acids is 3. The van der Waals surface area contributed by atoms with Gasteiger partial charge in [-0.1, -0.05) is 12.1 Å². The Morgan fingerprint density at radius 3 is 2.42 bits per heavy atom. The summed E-state index contributed by atoms with van der Waals surface area (Å²) < 4.78 is 38.2. The lowest BCUT2D eigenvalue weighted by atomic mass is 10.1. The summed E-state index contributed by atoms with van der Waals surface area (Å²) in [6.45, 7) is 4.07. The molecule has 1 aliphatic rings. The molecule has 2 heterocycles. The van der Waals surface area contributed by atoms with Crippen molar-refractivity contribution in [1.82, 2.24) is 19.4 Å². The van der Waals surface area contributed by atoms with Crippen molar-refractivity contribution in [3.8, 4) is 0 Å². The Morgan fingerprint density at radius 2 is 1.85 bits per heavy atom. The summed E-state index contributed by atoms with van der Waals surface area (Å²) in [6, 6.07) is 6.49. The number of rotatable bonds is 4. The summed E-state index contributed by atoms with van der Waals surface area (Å²) in [6.07, 6.45) is -3.44. The Kier molecular flexibility index (Phi) is 8.01. The zero-order chi connectivity index (χ0) is 24.9. The molecular formula is C20H23F3N4O6. The largest absolute Gasteiger partial charge is 0.490 e. The van der Waals surface area contributed by atoms with Crippen molar-refractivity contribution in [3.05, 3.63) is 30.6 Å². The maximum Gasteiger partial charge on any atom is 0.490 e. The van der Waals surface area contributed by atoms with Gasteiger partial charge >= 0.3 is 18.1 Å². The number of ether oxygens (including phenoxy) is 1. The van der Waals surface area contributed by atoms with Crippen LogP contribution in [0.4, 0.5) is 13.2 Å². The van der Waals surface area contributed by atoms with Crippen LogP contribution < -0.4 is 0 Å². The molecule has 13 heteroatoms. The molecule has 1 aliphatic heterocycles. The van der Waals surface area contributed by atoms with E-state index in [1.54, 1.807) is 25.1 Å². The highest BCUT2D eigenvalue weighted by atomic mass is 19.4. The minimum Gasteiger partial charge on any atom is -0.475 e. The Labute approximate surface area is 186 Å². The highest BCUT2D eigenvalue weighted by Crippen LogP contribution is 2.22. The van der Waals surface area contributed by atoms with E-state index < -0.39 is 30.2 Å². The first kappa shape index (κ1) is 25.6. The number of fused-ring (bicyclic) bond motifs is 1. The lowest BCUT2D eigenvalue weighted by Crippen LogP contribution is -2.59. The molecule has 10 nitrogen and oxygen atoms in total. The second-order valence-electron chi connectivity index (χ2n) is 7.16. The first-order valence-electron chi connectivity index (χ1n) is 9.76. The Balaban J connectivity index is 0.000000479. The third kappa shape index (κ3) is 5.99. The number of amides is 2. The highest BCUT2D eigenvalue weighted by molar-refractivity contribution is 5.92. The van der Waals surface area contributed by atoms with Gasteiger partial charge in [-0.3, -0.25) is 14.4 Å². The van der Waals surface area contributed by atoms with Crippen molar-refractivity contribution in [2.24, 2.45) is 0 Å². The van der Waals surface area contributed by atoms with E-state index in [-0.39, 0.29) is 18.4 Å². The fraction of sp³-hybridized carbons (Fsp3) is 0.450. The molecule has 0 bridgehead atoms. The van der Waals surface area contributed by atoms with E-state index in [9.17, 15) is 27.6 Å². The van der Waals surface area contributed by atoms with Crippen LogP contribution in [0, 0.1) is 0 Å². The molecule has 1 aromatic carbocycles. The fourth-order valence-corrected chi connectivity index (χ4v) is 3.25. The molecule has 180 valence electrons. The van der Waals surface area contributed by atoms with Gasteiger partial charge in [-0.05, 0) is 26.0 Å². The molecule has 2 amide bonds. The van der Waals surface area contributed by atoms with Crippen LogP contribution in [0.2, 0.25) is 0 Å². The molecule has 33 heavy (non-hydrogen) atoms. The molecule has 1 fully saturated rings. The van der Waals surface area contributed by atoms with Crippen LogP contribution in [-0.2, 0) is 23.9 Å². The molecule has 1 aromatic heterocycles. The van der Waals surface area contributed by atoms with Gasteiger partial charge in [0.05, 0.1) is 24.5 Å². The smallest absolute Gasteiger partial charge is 0.475 e. The number of esters is 1. The van der Waals surface area contributed by atoms with Gasteiger partial charge < -0.3 is 24.2 Å². The lowest BCUT2D eigenvalue weighted by molar-refractivity contribution is -0.192. The summed E-state index contributed by atoms with van der Waals surface area (Å²) in [4.78, 5) is 53.2. The highest BCUT2D eigenvalue weighted by Gasteiger charge is 2.38. The summed E-state index contributed by atoms with van der Waals surface area (Å²) in [5.41, 5.74) is 1.69. The Morgan fingerprint density at radius 1 is 1.24 bits per heavy atom. The standard InChI is InChI=1S/C18H22N4O4.C2HF3O2/c1-12-17(24)20(10-16(23)26-3)8-9-21(12)18(25)13(2)22-11-19-14-6-4-5-7-15(14)22;3-2(4,5)1(6)7/h4-7,11-13H,8-10H2,1-3H3;(H,6,7). The van der Waals surface area contributed by atoms with Gasteiger partial charge in [-0.2, -0.15) is 13.2 Å². The molecule has 0 spiro atoms. The number of aromatic nitrogens is 2. The van der Waals surface area contributed by atoms with Crippen molar-refractivity contribution in [3.63, 3.8) is 0 Å². The molecule has 0 aliphatic carbocycles. The number of halogens is 3. The number of para-hydroxylation sites is 2. The van der Waals surface area contributed by atoms with E-state index in [0.29, 0.717) is 13.1 Å². The SMILES string of the molecule is COC(=O)CN1CCN(C(=O)C(C)n2cnc3ccccc32)C(C)C1=O.O=C(O)C(F)(F)F. The van der Waals surface area contributed by atoms with E-state index >= 15 is 0 Å². The van der Waals surface area contributed by atoms with Crippen molar-refractivity contribution in [1.29, 1.82) is 0 Å². The number of alkyl halides is 3. The van der Waals surface area contributed by atoms with Crippen LogP contribution in [0.25, 0.3) is 11.0 Å². The zero-order valence-corrected chi connectivity index (χ0v) is 18.1. The lowest BCUT2D eigenvalue weighted by Gasteiger charge is -2.39. The summed E-state index contributed by atoms with van der Waals surface area (Å²) in [7, 11) is 1.28. The molecule has 0 saturated carbocycles. The third-order valence-electron chi connectivity index (χ3n) is 5.08. The van der Waals surface area contributed by atoms with Crippen LogP contribution in [0.15, 0.2) is 30.6 Å². The topological polar surface area (TPSA) is 122 Å². The first-order chi connectivity index (χ1) is 15.4. The fourth-order valence-electron chi connectivity index (χ4n) is 3.25. The monoisotopic (exact) mass is 472 g/mol. The molecule has 1 N–H and O–H groups in total. The second-order valence-corrected chi connectivity index (χ2v) is 7.16. The molecule has 2 aromatic rings. The summed E-state index contributed by atoms with van der Waals surface area (Å²) in [5, 5.41) is 7.12. The number of benzene rings is 1. The second kappa shape index (κ2) is 10.3. The van der Waals surface area contributed by atoms with Crippen molar-refractivity contribution >= 4 is 34.8 Å². The summed E-state index contributed by atoms with van der Waals surface area (Å²) >= 11 is 0. The molecule has 0 radical (unpaired) electrons. The normalized spacial score (nSPS) is 17.3. The zero-order valence-electron chi connectivity index (χ0n) is 18.1. The Bertz CT molecular complexity index is 1040. The van der Waals surface area contributed by atoms with Gasteiger partial charge in [0.1, 0.15) is 18.6 Å². The number of nitrogens with zero attached hydrogens (tertiary/aromatic N) is 4. The third-order valence-corrected chi connectivity index (χ3v) is 5.08. The molecule has 2 unspecified atom stereocenters. The molecule has 2 atom stereocenters. The van der Waals surface area contributed by atoms with Crippen molar-refractivity contribution in [2.45, 2.75) is 32.1 Å². The number of hydrogen-bond donors (Lipinski definition) is 1. The van der Waals surface area contributed by atoms with Crippen LogP contribution >= 0.6 is 0 Å². The van der Waals surface area contributed by atoms with Crippen LogP contribution in [0.3, 0.4) is 0 Å². The Hall–Kier alpha value is -3.64. The van der Waals surface area contributed by atoms with Crippen molar-refractivity contribution in [2.75, 3.05) is 26.7 Å². The predicted octanol–water partition coefficient (Wildman–Crippen LogP) is 1.46. The average molecular weight is 472 g/mol. The number of carboxylic acid groups (broad SMARTS) is 1. The van der Waals surface area contributed by atoms with Crippen LogP contribution in [-0.4, -0.2) is 87.2 Å². The van der Waals surface area contributed by atoms with Gasteiger partial charge in [-0.25, -0.2) is 9.78 Å². The predicted molar refractivity (Wildman–Crippen MR) is 108 cm³/mol. The molecule has 3 rings (SSSR count). The maximum absolute atomic E-state index is 13.0. The molecule has 1 saturated heterocycles. The average Bonchev–Trinajstić information content (AvgIpc) is 3.20. The number of aliphatic carboxylic acids is 1. The van der Waals surface area contributed by atoms with E-state index in [1.807, 2.05) is 28.8 Å². The molecular weight excluding hydrogens is 449 g/mol.